The molecular weight excluding hydrogens is 1300 g/mol. The highest BCUT2D eigenvalue weighted by molar-refractivity contribution is 6.20. The van der Waals surface area contributed by atoms with Gasteiger partial charge in [0.25, 0.3) is 0 Å². The summed E-state index contributed by atoms with van der Waals surface area (Å²) in [5.41, 5.74) is 10.6. The highest BCUT2D eigenvalue weighted by Crippen LogP contribution is 2.77. The van der Waals surface area contributed by atoms with Crippen molar-refractivity contribution in [2.45, 2.75) is 289 Å². The molecule has 0 spiro atoms. The fraction of sp³-hybridized carbons (Fsp3) is 0.651. The van der Waals surface area contributed by atoms with Gasteiger partial charge in [-0.2, -0.15) is 0 Å². The number of allylic oxidation sites excluding steroid dienone is 2. The molecule has 2 aromatic carbocycles. The largest absolute Gasteiger partial charge is 0.481 e. The maximum absolute atomic E-state index is 14.9. The molecule has 17 nitrogen and oxygen atoms in total. The van der Waals surface area contributed by atoms with Crippen molar-refractivity contribution < 1.29 is 73.9 Å². The predicted octanol–water partition coefficient (Wildman–Crippen LogP) is 14.5. The number of carbonyl (C=O) groups is 4. The molecule has 14 aliphatic rings. The summed E-state index contributed by atoms with van der Waals surface area (Å²) in [4.78, 5) is 53.3. The second-order valence-corrected chi connectivity index (χ2v) is 38.7. The van der Waals surface area contributed by atoms with Crippen LogP contribution in [0.1, 0.15) is 279 Å². The van der Waals surface area contributed by atoms with E-state index in [1.54, 1.807) is 13.0 Å². The topological polar surface area (TPSA) is 257 Å². The van der Waals surface area contributed by atoms with Gasteiger partial charge in [-0.05, 0) is 246 Å². The fourth-order valence-corrected chi connectivity index (χ4v) is 27.3. The van der Waals surface area contributed by atoms with E-state index in [2.05, 4.69) is 116 Å². The van der Waals surface area contributed by atoms with E-state index in [0.717, 1.165) is 111 Å². The molecule has 0 radical (unpaired) electrons. The van der Waals surface area contributed by atoms with Crippen molar-refractivity contribution in [3.63, 3.8) is 0 Å². The molecule has 6 aliphatic heterocycles. The van der Waals surface area contributed by atoms with Crippen molar-refractivity contribution in [3.05, 3.63) is 116 Å². The van der Waals surface area contributed by atoms with E-state index in [4.69, 9.17) is 18.9 Å². The van der Waals surface area contributed by atoms with Gasteiger partial charge in [0.1, 0.15) is 12.1 Å². The predicted molar refractivity (Wildman–Crippen MR) is 390 cm³/mol. The number of carboxylic acid groups (broad SMARTS) is 2. The van der Waals surface area contributed by atoms with E-state index >= 15 is 0 Å². The molecule has 552 valence electrons. The number of fused-ring (bicyclic) bond motifs is 26. The van der Waals surface area contributed by atoms with Gasteiger partial charge in [0, 0.05) is 85.2 Å². The Labute approximate surface area is 604 Å². The van der Waals surface area contributed by atoms with Gasteiger partial charge in [0.2, 0.25) is 0 Å². The third kappa shape index (κ3) is 8.31. The first-order chi connectivity index (χ1) is 47.7. The molecule has 0 bridgehead atoms. The minimum Gasteiger partial charge on any atom is -0.481 e. The Balaban J connectivity index is 0.000000153. The van der Waals surface area contributed by atoms with Crippen LogP contribution in [-0.4, -0.2) is 121 Å². The van der Waals surface area contributed by atoms with Crippen molar-refractivity contribution in [1.29, 1.82) is 0 Å². The third-order valence-corrected chi connectivity index (χ3v) is 31.7. The van der Waals surface area contributed by atoms with E-state index in [0.29, 0.717) is 55.1 Å². The Morgan fingerprint density at radius 1 is 0.592 bits per heavy atom. The monoisotopic (exact) mass is 1410 g/mol. The number of aliphatic hydroxyl groups is 5. The second-order valence-electron chi connectivity index (χ2n) is 38.7. The van der Waals surface area contributed by atoms with Crippen LogP contribution in [0.15, 0.2) is 60.2 Å². The summed E-state index contributed by atoms with van der Waals surface area (Å²) in [7, 11) is 0. The van der Waals surface area contributed by atoms with Gasteiger partial charge in [-0.1, -0.05) is 65.8 Å². The van der Waals surface area contributed by atoms with Crippen molar-refractivity contribution in [2.24, 2.45) is 63.1 Å². The Kier molecular flexibility index (Phi) is 14.2. The number of ether oxygens (including phenoxy) is 4. The van der Waals surface area contributed by atoms with E-state index in [1.165, 1.54) is 29.4 Å². The van der Waals surface area contributed by atoms with Crippen LogP contribution in [0, 0.1) is 63.1 Å². The lowest BCUT2D eigenvalue weighted by molar-refractivity contribution is -0.301. The van der Waals surface area contributed by atoms with Gasteiger partial charge in [-0.15, -0.1) is 0 Å². The Morgan fingerprint density at radius 3 is 1.40 bits per heavy atom. The van der Waals surface area contributed by atoms with Crippen LogP contribution in [0.4, 0.5) is 0 Å². The molecule has 8 aliphatic carbocycles. The van der Waals surface area contributed by atoms with E-state index in [-0.39, 0.29) is 62.5 Å². The normalized spacial score (nSPS) is 42.7. The number of carboxylic acids is 2. The molecule has 22 atom stereocenters. The molecule has 0 amide bonds. The highest BCUT2D eigenvalue weighted by Gasteiger charge is 2.76. The van der Waals surface area contributed by atoms with Crippen LogP contribution >= 0.6 is 0 Å². The molecule has 17 heteroatoms. The zero-order valence-corrected chi connectivity index (χ0v) is 63.7. The molecule has 4 aromatic rings. The molecule has 2 saturated heterocycles. The van der Waals surface area contributed by atoms with Gasteiger partial charge in [-0.25, -0.2) is 4.79 Å². The summed E-state index contributed by atoms with van der Waals surface area (Å²) in [6, 6.07) is 3.42. The van der Waals surface area contributed by atoms with E-state index in [9.17, 15) is 54.9 Å². The molecule has 4 saturated carbocycles. The quantitative estimate of drug-likeness (QED) is 0.0671. The first-order valence-electron chi connectivity index (χ1n) is 38.4. The first kappa shape index (κ1) is 70.1. The number of rotatable bonds is 7. The minimum atomic E-state index is -1.48. The van der Waals surface area contributed by atoms with Crippen LogP contribution in [-0.2, 0) is 52.2 Å². The maximum Gasteiger partial charge on any atom is 0.331 e. The van der Waals surface area contributed by atoms with Crippen LogP contribution in [0.2, 0.25) is 0 Å². The number of Topliss-reactive ketones (excluding diaryl/α,β-unsaturated/α-hetero) is 2. The minimum absolute atomic E-state index is 0.00783. The van der Waals surface area contributed by atoms with E-state index in [1.807, 2.05) is 41.5 Å². The summed E-state index contributed by atoms with van der Waals surface area (Å²) in [6.45, 7) is 46.0. The van der Waals surface area contributed by atoms with Crippen LogP contribution < -0.4 is 0 Å². The smallest absolute Gasteiger partial charge is 0.331 e. The van der Waals surface area contributed by atoms with E-state index < -0.39 is 105 Å². The van der Waals surface area contributed by atoms with Gasteiger partial charge in [0.05, 0.1) is 81.0 Å². The first-order valence-corrected chi connectivity index (χ1v) is 38.4. The Morgan fingerprint density at radius 2 is 1.00 bits per heavy atom. The molecule has 14 unspecified atom stereocenters. The molecule has 7 N–H and O–H groups in total. The summed E-state index contributed by atoms with van der Waals surface area (Å²) in [6.07, 6.45) is 10.5. The standard InChI is InChI=1S/C43H55NO8.C43H53NO7/c1-19(2)31-35(47)29-28-22(25-17-38(4,5)52-39(6,7)30(25)34(28)46)16-23-24-15-21-11-12-27-40(8,42(21,10)36(24)44(31)32(23)29)13-14-43(50)41(27,9)18-26(51-43)33(45)20(3)37(48)49;1-20(2)32-35(46)30-29-24(27-19-38(4,5)51-39(6,7)31(27)34(29)45)17-25-26-16-22-11-12-28-40(8,42(22,10)36(26)44(32)33(25)30)13-14-43(49)41(28,9)18-23(50-43)15-21(3)37(47)48/h16-17,20-21,26-27,30-31,33-34,45-46,50H,1,11-15,18H2,2-10H3,(H,48,49);15,17,19,22-23,28,31-32,34,45,49H,1,11-14,16,18H2,2-10H3,(H,47,48)/b;21-15+/t20?,21?,26?,27?,30?,31-,33?,34+,40-,41-,42?,43?;22?,23?,28?,31?,32-,34+,40-,41-,42?,43?/m00/s1. The Bertz CT molecular complexity index is 4720. The molecule has 18 rings (SSSR count). The maximum atomic E-state index is 14.9. The number of hydrogen-bond acceptors (Lipinski definition) is 13. The molecule has 6 fully saturated rings. The van der Waals surface area contributed by atoms with Crippen LogP contribution in [0.25, 0.3) is 33.0 Å². The summed E-state index contributed by atoms with van der Waals surface area (Å²) >= 11 is 0. The van der Waals surface area contributed by atoms with Gasteiger partial charge >= 0.3 is 11.9 Å². The lowest BCUT2D eigenvalue weighted by atomic mass is 9.40. The molecular formula is C86H108N2O15. The van der Waals surface area contributed by atoms with Crippen LogP contribution in [0.5, 0.6) is 0 Å². The number of carbonyl (C=O) groups excluding carboxylic acids is 2. The zero-order chi connectivity index (χ0) is 74.4. The Hall–Kier alpha value is -5.86. The number of benzene rings is 2. The molecule has 103 heavy (non-hydrogen) atoms. The van der Waals surface area contributed by atoms with Crippen molar-refractivity contribution in [3.8, 4) is 0 Å². The number of hydrogen-bond donors (Lipinski definition) is 7. The lowest BCUT2D eigenvalue weighted by Gasteiger charge is -2.65. The fourth-order valence-electron chi connectivity index (χ4n) is 27.3. The SMILES string of the molecule is C=C(C)[C@H]1C(=O)c2c3c(cc4c5c(n1c24)C1(C)C(CCC2[C@]4(C)CC(/C=C(\C)C(=O)O)OC4(O)CC[C@@]21C)C5)C1=CC(C)(C)OC(C)(C)C1[C@@H]3O.C=C(C)[C@H]1C(=O)c2c3c(cc4c5c(n1c24)C1(C)C(CCC2[C@]4(C)CC(C(O)C(C)C(=O)O)OC4(O)CC[C@@]21C)C5)C1=CC(C)(C)OC(C)(C)C1[C@@H]3O. The summed E-state index contributed by atoms with van der Waals surface area (Å²) in [5.74, 6) is -5.71. The average Bonchev–Trinajstić information content (AvgIpc) is 1.50. The van der Waals surface area contributed by atoms with Crippen molar-refractivity contribution in [2.75, 3.05) is 0 Å². The number of aliphatic carboxylic acids is 2. The lowest BCUT2D eigenvalue weighted by Crippen LogP contribution is -2.65. The van der Waals surface area contributed by atoms with Crippen molar-refractivity contribution >= 4 is 56.5 Å². The number of ketones is 2. The van der Waals surface area contributed by atoms with Gasteiger partial charge in [-0.3, -0.25) is 14.4 Å². The molecule has 2 aromatic heterocycles. The molecule has 8 heterocycles. The third-order valence-electron chi connectivity index (χ3n) is 31.7. The summed E-state index contributed by atoms with van der Waals surface area (Å²) < 4.78 is 30.4. The van der Waals surface area contributed by atoms with Gasteiger partial charge in [0.15, 0.2) is 23.1 Å². The average molecular weight is 1410 g/mol. The zero-order valence-electron chi connectivity index (χ0n) is 63.7. The van der Waals surface area contributed by atoms with Crippen molar-refractivity contribution in [1.82, 2.24) is 9.13 Å². The highest BCUT2D eigenvalue weighted by atomic mass is 16.6. The summed E-state index contributed by atoms with van der Waals surface area (Å²) in [5, 5.41) is 81.5. The second kappa shape index (κ2) is 20.9. The number of aromatic nitrogens is 2. The van der Waals surface area contributed by atoms with Crippen LogP contribution in [0.3, 0.4) is 0 Å². The van der Waals surface area contributed by atoms with Gasteiger partial charge < -0.3 is 63.8 Å². The number of nitrogens with zero attached hydrogens (tertiary/aromatic N) is 2. The number of aliphatic hydroxyl groups excluding tert-OH is 3.